The van der Waals surface area contributed by atoms with Crippen LogP contribution in [0.15, 0.2) is 0 Å². The first-order chi connectivity index (χ1) is 7.31. The van der Waals surface area contributed by atoms with Gasteiger partial charge in [0.15, 0.2) is 0 Å². The quantitative estimate of drug-likeness (QED) is 0.880. The fourth-order valence-electron chi connectivity index (χ4n) is 1.58. The number of aromatic nitrogens is 1. The van der Waals surface area contributed by atoms with Crippen LogP contribution in [0.1, 0.15) is 21.7 Å². The van der Waals surface area contributed by atoms with E-state index in [1.54, 1.807) is 11.3 Å². The van der Waals surface area contributed by atoms with Crippen LogP contribution in [0.4, 0.5) is 0 Å². The Hall–Kier alpha value is -0.100. The Morgan fingerprint density at radius 3 is 3.13 bits per heavy atom. The van der Waals surface area contributed by atoms with Gasteiger partial charge in [-0.3, -0.25) is 0 Å². The topological polar surface area (TPSA) is 48.1 Å². The van der Waals surface area contributed by atoms with Crippen LogP contribution in [-0.2, 0) is 11.2 Å². The van der Waals surface area contributed by atoms with Crippen LogP contribution in [0.5, 0.6) is 0 Å². The Morgan fingerprint density at radius 2 is 2.47 bits per heavy atom. The Bertz CT molecular complexity index is 321. The maximum Gasteiger partial charge on any atom is 0.123 e. The third-order valence-electron chi connectivity index (χ3n) is 2.37. The van der Waals surface area contributed by atoms with Gasteiger partial charge in [0.2, 0.25) is 0 Å². The van der Waals surface area contributed by atoms with E-state index in [1.807, 2.05) is 11.8 Å². The number of nitrogens with two attached hydrogens (primary N) is 1. The van der Waals surface area contributed by atoms with Gasteiger partial charge >= 0.3 is 0 Å². The van der Waals surface area contributed by atoms with E-state index in [-0.39, 0.29) is 6.10 Å². The highest BCUT2D eigenvalue weighted by Gasteiger charge is 2.20. The molecule has 5 heteroatoms. The second-order valence-corrected chi connectivity index (χ2v) is 5.80. The van der Waals surface area contributed by atoms with Gasteiger partial charge in [0.1, 0.15) is 11.1 Å². The standard InChI is InChI=1S/C10H16N2OS2/c1-7-9(2-3-11)15-10(12-7)8-6-14-5-4-13-8/h8H,2-6,11H2,1H3. The number of thioether (sulfide) groups is 1. The SMILES string of the molecule is Cc1nc(C2CSCCO2)sc1CCN. The predicted molar refractivity (Wildman–Crippen MR) is 65.6 cm³/mol. The van der Waals surface area contributed by atoms with Gasteiger partial charge < -0.3 is 10.5 Å². The Kier molecular flexibility index (Phi) is 4.02. The molecule has 1 aromatic heterocycles. The van der Waals surface area contributed by atoms with Crippen molar-refractivity contribution in [2.24, 2.45) is 5.73 Å². The molecule has 1 saturated heterocycles. The van der Waals surface area contributed by atoms with Gasteiger partial charge in [-0.05, 0) is 19.9 Å². The van der Waals surface area contributed by atoms with E-state index in [1.165, 1.54) is 4.88 Å². The summed E-state index contributed by atoms with van der Waals surface area (Å²) in [6, 6.07) is 0. The van der Waals surface area contributed by atoms with Crippen molar-refractivity contribution in [2.45, 2.75) is 19.4 Å². The monoisotopic (exact) mass is 244 g/mol. The minimum Gasteiger partial charge on any atom is -0.369 e. The van der Waals surface area contributed by atoms with Crippen molar-refractivity contribution in [3.8, 4) is 0 Å². The first kappa shape index (κ1) is 11.4. The third-order valence-corrected chi connectivity index (χ3v) is 4.68. The van der Waals surface area contributed by atoms with Crippen molar-refractivity contribution in [3.63, 3.8) is 0 Å². The molecular formula is C10H16N2OS2. The Balaban J connectivity index is 2.10. The molecule has 2 heterocycles. The van der Waals surface area contributed by atoms with E-state index in [0.29, 0.717) is 6.54 Å². The minimum absolute atomic E-state index is 0.207. The van der Waals surface area contributed by atoms with Crippen molar-refractivity contribution in [1.82, 2.24) is 4.98 Å². The van der Waals surface area contributed by atoms with Gasteiger partial charge in [0, 0.05) is 16.4 Å². The van der Waals surface area contributed by atoms with Gasteiger partial charge in [-0.2, -0.15) is 11.8 Å². The molecule has 0 aliphatic carbocycles. The average Bonchev–Trinajstić information content (AvgIpc) is 2.63. The first-order valence-corrected chi connectivity index (χ1v) is 7.14. The lowest BCUT2D eigenvalue weighted by Crippen LogP contribution is -2.15. The zero-order valence-electron chi connectivity index (χ0n) is 8.86. The number of rotatable bonds is 3. The lowest BCUT2D eigenvalue weighted by molar-refractivity contribution is 0.0754. The summed E-state index contributed by atoms with van der Waals surface area (Å²) in [4.78, 5) is 5.89. The number of thiazole rings is 1. The molecule has 1 atom stereocenters. The number of aryl methyl sites for hydroxylation is 1. The molecule has 0 saturated carbocycles. The molecule has 0 aromatic carbocycles. The lowest BCUT2D eigenvalue weighted by Gasteiger charge is -2.19. The van der Waals surface area contributed by atoms with Crippen LogP contribution in [0.2, 0.25) is 0 Å². The van der Waals surface area contributed by atoms with E-state index < -0.39 is 0 Å². The van der Waals surface area contributed by atoms with Gasteiger partial charge in [-0.15, -0.1) is 11.3 Å². The molecule has 1 aromatic rings. The maximum absolute atomic E-state index is 5.71. The highest BCUT2D eigenvalue weighted by molar-refractivity contribution is 7.99. The first-order valence-electron chi connectivity index (χ1n) is 5.17. The summed E-state index contributed by atoms with van der Waals surface area (Å²) in [5.74, 6) is 2.14. The van der Waals surface area contributed by atoms with Gasteiger partial charge in [-0.1, -0.05) is 0 Å². The van der Waals surface area contributed by atoms with Crippen LogP contribution in [-0.4, -0.2) is 29.6 Å². The van der Waals surface area contributed by atoms with Crippen LogP contribution < -0.4 is 5.73 Å². The lowest BCUT2D eigenvalue weighted by atomic mass is 10.3. The Labute approximate surface area is 98.4 Å². The van der Waals surface area contributed by atoms with Crippen molar-refractivity contribution in [1.29, 1.82) is 0 Å². The highest BCUT2D eigenvalue weighted by atomic mass is 32.2. The minimum atomic E-state index is 0.207. The maximum atomic E-state index is 5.71. The summed E-state index contributed by atoms with van der Waals surface area (Å²) in [6.07, 6.45) is 1.14. The number of nitrogens with zero attached hydrogens (tertiary/aromatic N) is 1. The van der Waals surface area contributed by atoms with E-state index in [2.05, 4.69) is 11.9 Å². The summed E-state index contributed by atoms with van der Waals surface area (Å²) in [7, 11) is 0. The fourth-order valence-corrected chi connectivity index (χ4v) is 3.67. The molecule has 1 unspecified atom stereocenters. The zero-order chi connectivity index (χ0) is 10.7. The molecule has 0 amide bonds. The fraction of sp³-hybridized carbons (Fsp3) is 0.700. The largest absolute Gasteiger partial charge is 0.369 e. The van der Waals surface area contributed by atoms with Crippen LogP contribution in [0.25, 0.3) is 0 Å². The van der Waals surface area contributed by atoms with Crippen LogP contribution in [0, 0.1) is 6.92 Å². The summed E-state index contributed by atoms with van der Waals surface area (Å²) in [6.45, 7) is 3.60. The number of hydrogen-bond donors (Lipinski definition) is 1. The van der Waals surface area contributed by atoms with Crippen LogP contribution in [0.3, 0.4) is 0 Å². The van der Waals surface area contributed by atoms with E-state index >= 15 is 0 Å². The molecule has 84 valence electrons. The summed E-state index contributed by atoms with van der Waals surface area (Å²) >= 11 is 3.70. The Morgan fingerprint density at radius 1 is 1.60 bits per heavy atom. The number of hydrogen-bond acceptors (Lipinski definition) is 5. The highest BCUT2D eigenvalue weighted by Crippen LogP contribution is 2.31. The van der Waals surface area contributed by atoms with Crippen molar-refractivity contribution in [2.75, 3.05) is 24.7 Å². The van der Waals surface area contributed by atoms with E-state index in [4.69, 9.17) is 10.5 Å². The molecule has 15 heavy (non-hydrogen) atoms. The molecule has 0 spiro atoms. The van der Waals surface area contributed by atoms with Gasteiger partial charge in [-0.25, -0.2) is 4.98 Å². The van der Waals surface area contributed by atoms with Gasteiger partial charge in [0.05, 0.1) is 12.3 Å². The summed E-state index contributed by atoms with van der Waals surface area (Å²) < 4.78 is 5.71. The molecule has 1 aliphatic heterocycles. The van der Waals surface area contributed by atoms with E-state index in [0.717, 1.165) is 35.2 Å². The smallest absolute Gasteiger partial charge is 0.123 e. The van der Waals surface area contributed by atoms with Crippen molar-refractivity contribution >= 4 is 23.1 Å². The molecule has 2 N–H and O–H groups in total. The van der Waals surface area contributed by atoms with Crippen molar-refractivity contribution in [3.05, 3.63) is 15.6 Å². The second-order valence-electron chi connectivity index (χ2n) is 3.53. The zero-order valence-corrected chi connectivity index (χ0v) is 10.5. The third kappa shape index (κ3) is 2.72. The molecule has 0 radical (unpaired) electrons. The molecule has 1 fully saturated rings. The van der Waals surface area contributed by atoms with Crippen LogP contribution >= 0.6 is 23.1 Å². The molecule has 2 rings (SSSR count). The molecule has 3 nitrogen and oxygen atoms in total. The molecule has 0 bridgehead atoms. The summed E-state index contributed by atoms with van der Waals surface area (Å²) in [5, 5.41) is 1.13. The van der Waals surface area contributed by atoms with Gasteiger partial charge in [0.25, 0.3) is 0 Å². The van der Waals surface area contributed by atoms with Crippen molar-refractivity contribution < 1.29 is 4.74 Å². The molecular weight excluding hydrogens is 228 g/mol. The molecule has 1 aliphatic rings. The predicted octanol–water partition coefficient (Wildman–Crippen LogP) is 1.76. The average molecular weight is 244 g/mol. The second kappa shape index (κ2) is 5.30. The summed E-state index contributed by atoms with van der Waals surface area (Å²) in [5.41, 5.74) is 6.69. The normalized spacial score (nSPS) is 21.9. The number of ether oxygens (including phenoxy) is 1. The van der Waals surface area contributed by atoms with E-state index in [9.17, 15) is 0 Å².